The molecule has 0 spiro atoms. The number of ether oxygens (including phenoxy) is 1. The minimum atomic E-state index is -4.22. The van der Waals surface area contributed by atoms with Gasteiger partial charge in [0, 0.05) is 11.8 Å². The van der Waals surface area contributed by atoms with Crippen molar-refractivity contribution in [1.82, 2.24) is 0 Å². The lowest BCUT2D eigenvalue weighted by Gasteiger charge is -2.06. The molecule has 0 saturated carbocycles. The second kappa shape index (κ2) is 2.99. The molecule has 1 saturated heterocycles. The van der Waals surface area contributed by atoms with E-state index < -0.39 is 11.7 Å². The van der Waals surface area contributed by atoms with Gasteiger partial charge in [0.25, 0.3) is 0 Å². The fourth-order valence-corrected chi connectivity index (χ4v) is 2.04. The third kappa shape index (κ3) is 2.03. The van der Waals surface area contributed by atoms with E-state index in [0.29, 0.717) is 18.6 Å². The quantitative estimate of drug-likeness (QED) is 0.681. The largest absolute Gasteiger partial charge is 0.417 e. The van der Waals surface area contributed by atoms with Gasteiger partial charge in [-0.3, -0.25) is 0 Å². The average Bonchev–Trinajstić information content (AvgIpc) is 2.63. The van der Waals surface area contributed by atoms with E-state index in [-0.39, 0.29) is 6.10 Å². The zero-order chi connectivity index (χ0) is 9.47. The highest BCUT2D eigenvalue weighted by Crippen LogP contribution is 2.35. The van der Waals surface area contributed by atoms with E-state index >= 15 is 0 Å². The summed E-state index contributed by atoms with van der Waals surface area (Å²) >= 11 is 1.09. The Hall–Kier alpha value is -0.550. The van der Waals surface area contributed by atoms with Crippen molar-refractivity contribution >= 4 is 11.3 Å². The van der Waals surface area contributed by atoms with Crippen molar-refractivity contribution in [3.8, 4) is 0 Å². The van der Waals surface area contributed by atoms with Gasteiger partial charge in [0.15, 0.2) is 0 Å². The molecule has 1 aliphatic rings. The summed E-state index contributed by atoms with van der Waals surface area (Å²) < 4.78 is 41.8. The number of halogens is 3. The number of hydrogen-bond donors (Lipinski definition) is 0. The molecule has 1 aliphatic heterocycles. The molecule has 0 radical (unpaired) electrons. The minimum Gasteiger partial charge on any atom is -0.373 e. The number of hydrogen-bond acceptors (Lipinski definition) is 2. The molecule has 1 fully saturated rings. The van der Waals surface area contributed by atoms with Crippen LogP contribution in [0.4, 0.5) is 13.2 Å². The van der Waals surface area contributed by atoms with Gasteiger partial charge in [-0.2, -0.15) is 24.5 Å². The lowest BCUT2D eigenvalue weighted by atomic mass is 10.1. The van der Waals surface area contributed by atoms with Crippen molar-refractivity contribution < 1.29 is 17.9 Å². The molecule has 72 valence electrons. The van der Waals surface area contributed by atoms with E-state index in [9.17, 15) is 13.2 Å². The van der Waals surface area contributed by atoms with Crippen molar-refractivity contribution in [3.05, 3.63) is 21.9 Å². The summed E-state index contributed by atoms with van der Waals surface area (Å²) in [6.07, 6.45) is -3.82. The Morgan fingerprint density at radius 3 is 2.69 bits per heavy atom. The minimum absolute atomic E-state index is 0.00991. The highest BCUT2D eigenvalue weighted by atomic mass is 32.1. The van der Waals surface area contributed by atoms with Gasteiger partial charge in [-0.05, 0) is 10.9 Å². The van der Waals surface area contributed by atoms with Gasteiger partial charge in [-0.15, -0.1) is 0 Å². The SMILES string of the molecule is FC(F)(F)c1cscc1CC1CO1. The number of thiophene rings is 1. The van der Waals surface area contributed by atoms with Crippen LogP contribution in [0.25, 0.3) is 0 Å². The first-order chi connectivity index (χ1) is 6.07. The zero-order valence-corrected chi connectivity index (χ0v) is 7.41. The van der Waals surface area contributed by atoms with Gasteiger partial charge in [0.1, 0.15) is 0 Å². The molecule has 0 aliphatic carbocycles. The maximum absolute atomic E-state index is 12.3. The number of alkyl halides is 3. The molecule has 1 atom stereocenters. The molecule has 0 N–H and O–H groups in total. The van der Waals surface area contributed by atoms with Gasteiger partial charge in [0.05, 0.1) is 18.3 Å². The van der Waals surface area contributed by atoms with Crippen LogP contribution < -0.4 is 0 Å². The van der Waals surface area contributed by atoms with E-state index in [2.05, 4.69) is 0 Å². The maximum Gasteiger partial charge on any atom is 0.417 e. The topological polar surface area (TPSA) is 12.5 Å². The normalized spacial score (nSPS) is 21.9. The number of epoxide rings is 1. The van der Waals surface area contributed by atoms with Gasteiger partial charge in [-0.1, -0.05) is 0 Å². The molecule has 2 heterocycles. The van der Waals surface area contributed by atoms with Crippen LogP contribution in [0.2, 0.25) is 0 Å². The predicted octanol–water partition coefficient (Wildman–Crippen LogP) is 2.71. The second-order valence-corrected chi connectivity index (χ2v) is 3.71. The molecule has 0 amide bonds. The summed E-state index contributed by atoms with van der Waals surface area (Å²) in [5.74, 6) is 0. The molecule has 2 rings (SSSR count). The highest BCUT2D eigenvalue weighted by Gasteiger charge is 2.35. The summed E-state index contributed by atoms with van der Waals surface area (Å²) in [5, 5.41) is 2.70. The Morgan fingerprint density at radius 2 is 2.15 bits per heavy atom. The van der Waals surface area contributed by atoms with E-state index in [0.717, 1.165) is 16.7 Å². The maximum atomic E-state index is 12.3. The van der Waals surface area contributed by atoms with Crippen LogP contribution in [-0.2, 0) is 17.3 Å². The highest BCUT2D eigenvalue weighted by molar-refractivity contribution is 7.08. The van der Waals surface area contributed by atoms with Crippen LogP contribution >= 0.6 is 11.3 Å². The zero-order valence-electron chi connectivity index (χ0n) is 6.60. The molecule has 0 bridgehead atoms. The predicted molar refractivity (Wildman–Crippen MR) is 42.8 cm³/mol. The lowest BCUT2D eigenvalue weighted by molar-refractivity contribution is -0.137. The lowest BCUT2D eigenvalue weighted by Crippen LogP contribution is -2.07. The van der Waals surface area contributed by atoms with Crippen LogP contribution in [0.15, 0.2) is 10.8 Å². The molecular weight excluding hydrogens is 201 g/mol. The Morgan fingerprint density at radius 1 is 1.46 bits per heavy atom. The van der Waals surface area contributed by atoms with Gasteiger partial charge >= 0.3 is 6.18 Å². The van der Waals surface area contributed by atoms with E-state index in [1.807, 2.05) is 0 Å². The Balaban J connectivity index is 2.19. The first-order valence-electron chi connectivity index (χ1n) is 3.81. The Kier molecular flexibility index (Phi) is 2.08. The van der Waals surface area contributed by atoms with E-state index in [4.69, 9.17) is 4.74 Å². The molecule has 1 nitrogen and oxygen atoms in total. The van der Waals surface area contributed by atoms with Crippen LogP contribution in [0.5, 0.6) is 0 Å². The molecule has 1 aromatic rings. The van der Waals surface area contributed by atoms with E-state index in [1.54, 1.807) is 5.38 Å². The third-order valence-corrected chi connectivity index (χ3v) is 2.69. The summed E-state index contributed by atoms with van der Waals surface area (Å²) in [7, 11) is 0. The van der Waals surface area contributed by atoms with E-state index in [1.165, 1.54) is 0 Å². The van der Waals surface area contributed by atoms with Gasteiger partial charge in [0.2, 0.25) is 0 Å². The smallest absolute Gasteiger partial charge is 0.373 e. The van der Waals surface area contributed by atoms with Gasteiger partial charge < -0.3 is 4.74 Å². The second-order valence-electron chi connectivity index (χ2n) is 2.97. The molecule has 5 heteroatoms. The fourth-order valence-electron chi connectivity index (χ4n) is 1.16. The molecule has 0 aromatic carbocycles. The standard InChI is InChI=1S/C8H7F3OS/c9-8(10,11)7-4-13-3-5(7)1-6-2-12-6/h3-4,6H,1-2H2. The first-order valence-corrected chi connectivity index (χ1v) is 4.75. The summed E-state index contributed by atoms with van der Waals surface area (Å²) in [5.41, 5.74) is -0.145. The third-order valence-electron chi connectivity index (χ3n) is 1.90. The summed E-state index contributed by atoms with van der Waals surface area (Å²) in [4.78, 5) is 0. The Bertz CT molecular complexity index is 301. The van der Waals surface area contributed by atoms with Crippen LogP contribution in [0, 0.1) is 0 Å². The Labute approximate surface area is 77.1 Å². The molecule has 1 aromatic heterocycles. The molecular formula is C8H7F3OS. The molecule has 1 unspecified atom stereocenters. The first kappa shape index (κ1) is 9.02. The van der Waals surface area contributed by atoms with Gasteiger partial charge in [-0.25, -0.2) is 0 Å². The molecule has 13 heavy (non-hydrogen) atoms. The van der Waals surface area contributed by atoms with Crippen molar-refractivity contribution in [1.29, 1.82) is 0 Å². The fraction of sp³-hybridized carbons (Fsp3) is 0.500. The van der Waals surface area contributed by atoms with Crippen molar-refractivity contribution in [2.24, 2.45) is 0 Å². The summed E-state index contributed by atoms with van der Waals surface area (Å²) in [6.45, 7) is 0.590. The van der Waals surface area contributed by atoms with Crippen LogP contribution in [0.1, 0.15) is 11.1 Å². The van der Waals surface area contributed by atoms with Crippen LogP contribution in [0.3, 0.4) is 0 Å². The monoisotopic (exact) mass is 208 g/mol. The summed E-state index contributed by atoms with van der Waals surface area (Å²) in [6, 6.07) is 0. The average molecular weight is 208 g/mol. The number of rotatable bonds is 2. The van der Waals surface area contributed by atoms with Crippen molar-refractivity contribution in [2.75, 3.05) is 6.61 Å². The van der Waals surface area contributed by atoms with Crippen molar-refractivity contribution in [2.45, 2.75) is 18.7 Å². The van der Waals surface area contributed by atoms with Crippen molar-refractivity contribution in [3.63, 3.8) is 0 Å². The van der Waals surface area contributed by atoms with Crippen LogP contribution in [-0.4, -0.2) is 12.7 Å².